The molecule has 0 aromatic heterocycles. The number of morpholine rings is 1. The Labute approximate surface area is 99.9 Å². The molecular formula is C6H11NNaO4S. The Balaban J connectivity index is 0.00000144. The monoisotopic (exact) mass is 216 g/mol. The number of nitrogens with one attached hydrogen (secondary N) is 1. The maximum Gasteiger partial charge on any atom is 0.337 e. The standard InChI is InChI=1S/C6H11NO4S.Na/c1-2-11-12(8,9)6-5-7-3-4-10-6;/h2,6-7H,1,3-5H2;. The van der Waals surface area contributed by atoms with Gasteiger partial charge in [-0.25, -0.2) is 0 Å². The third kappa shape index (κ3) is 3.97. The smallest absolute Gasteiger partial charge is 0.337 e. The minimum atomic E-state index is -3.64. The second-order valence-electron chi connectivity index (χ2n) is 2.26. The first-order chi connectivity index (χ1) is 5.67. The van der Waals surface area contributed by atoms with Crippen molar-refractivity contribution in [2.24, 2.45) is 0 Å². The van der Waals surface area contributed by atoms with Gasteiger partial charge >= 0.3 is 10.1 Å². The summed E-state index contributed by atoms with van der Waals surface area (Å²) in [6, 6.07) is 0. The van der Waals surface area contributed by atoms with E-state index < -0.39 is 15.6 Å². The molecule has 0 bridgehead atoms. The first kappa shape index (κ1) is 13.4. The predicted octanol–water partition coefficient (Wildman–Crippen LogP) is -0.959. The summed E-state index contributed by atoms with van der Waals surface area (Å²) in [7, 11) is -3.64. The van der Waals surface area contributed by atoms with Crippen molar-refractivity contribution in [1.82, 2.24) is 5.32 Å². The summed E-state index contributed by atoms with van der Waals surface area (Å²) >= 11 is 0. The zero-order chi connectivity index (χ0) is 9.03. The molecule has 1 N–H and O–H groups in total. The van der Waals surface area contributed by atoms with Gasteiger partial charge in [-0.2, -0.15) is 8.42 Å². The van der Waals surface area contributed by atoms with E-state index in [0.717, 1.165) is 6.26 Å². The summed E-state index contributed by atoms with van der Waals surface area (Å²) in [5.41, 5.74) is -0.913. The normalized spacial score (nSPS) is 22.9. The van der Waals surface area contributed by atoms with E-state index in [9.17, 15) is 8.42 Å². The van der Waals surface area contributed by atoms with Gasteiger partial charge in [-0.1, -0.05) is 6.58 Å². The molecule has 1 fully saturated rings. The fourth-order valence-electron chi connectivity index (χ4n) is 0.884. The van der Waals surface area contributed by atoms with Gasteiger partial charge in [0.1, 0.15) is 0 Å². The maximum atomic E-state index is 11.1. The van der Waals surface area contributed by atoms with E-state index in [2.05, 4.69) is 16.1 Å². The van der Waals surface area contributed by atoms with Gasteiger partial charge in [0.2, 0.25) is 5.44 Å². The van der Waals surface area contributed by atoms with Crippen molar-refractivity contribution in [3.8, 4) is 0 Å². The van der Waals surface area contributed by atoms with Gasteiger partial charge in [0.05, 0.1) is 12.9 Å². The van der Waals surface area contributed by atoms with Gasteiger partial charge in [-0.3, -0.25) is 0 Å². The SMILES string of the molecule is C=COS(=O)(=O)C1CNCCO1.[Na]. The molecule has 0 saturated carbocycles. The van der Waals surface area contributed by atoms with Crippen molar-refractivity contribution in [1.29, 1.82) is 0 Å². The fraction of sp³-hybridized carbons (Fsp3) is 0.667. The van der Waals surface area contributed by atoms with Crippen molar-refractivity contribution in [2.75, 3.05) is 19.7 Å². The molecule has 0 aromatic rings. The molecule has 0 aromatic carbocycles. The average molecular weight is 216 g/mol. The van der Waals surface area contributed by atoms with E-state index in [0.29, 0.717) is 13.2 Å². The summed E-state index contributed by atoms with van der Waals surface area (Å²) < 4.78 is 31.6. The van der Waals surface area contributed by atoms with Gasteiger partial charge in [-0.05, 0) is 0 Å². The molecule has 0 spiro atoms. The molecule has 1 heterocycles. The van der Waals surface area contributed by atoms with Crippen LogP contribution in [0.5, 0.6) is 0 Å². The van der Waals surface area contributed by atoms with Gasteiger partial charge in [-0.15, -0.1) is 0 Å². The Morgan fingerprint density at radius 1 is 1.62 bits per heavy atom. The van der Waals surface area contributed by atoms with E-state index >= 15 is 0 Å². The Bertz CT molecular complexity index is 247. The van der Waals surface area contributed by atoms with Gasteiger partial charge < -0.3 is 14.2 Å². The number of hydrogen-bond acceptors (Lipinski definition) is 5. The molecule has 1 aliphatic heterocycles. The Morgan fingerprint density at radius 3 is 2.77 bits per heavy atom. The first-order valence-corrected chi connectivity index (χ1v) is 4.99. The molecule has 1 rings (SSSR count). The molecule has 0 aliphatic carbocycles. The van der Waals surface area contributed by atoms with Gasteiger partial charge in [0.15, 0.2) is 0 Å². The molecule has 1 atom stereocenters. The summed E-state index contributed by atoms with van der Waals surface area (Å²) in [5, 5.41) is 2.88. The second kappa shape index (κ2) is 6.00. The van der Waals surface area contributed by atoms with Crippen molar-refractivity contribution in [3.63, 3.8) is 0 Å². The number of ether oxygens (including phenoxy) is 1. The quantitative estimate of drug-likeness (QED) is 0.374. The van der Waals surface area contributed by atoms with Crippen LogP contribution in [-0.2, 0) is 19.0 Å². The summed E-state index contributed by atoms with van der Waals surface area (Å²) in [4.78, 5) is 0. The van der Waals surface area contributed by atoms with E-state index in [4.69, 9.17) is 4.74 Å². The zero-order valence-electron chi connectivity index (χ0n) is 7.52. The molecule has 1 saturated heterocycles. The molecule has 5 nitrogen and oxygen atoms in total. The molecule has 1 unspecified atom stereocenters. The van der Waals surface area contributed by atoms with Crippen LogP contribution in [-0.4, -0.2) is 63.1 Å². The van der Waals surface area contributed by atoms with E-state index in [1.807, 2.05) is 0 Å². The van der Waals surface area contributed by atoms with Crippen LogP contribution in [0.25, 0.3) is 0 Å². The second-order valence-corrected chi connectivity index (χ2v) is 3.96. The van der Waals surface area contributed by atoms with Crippen molar-refractivity contribution in [2.45, 2.75) is 5.44 Å². The van der Waals surface area contributed by atoms with Crippen LogP contribution in [0.1, 0.15) is 0 Å². The Hall–Kier alpha value is 0.410. The first-order valence-electron chi connectivity index (χ1n) is 3.52. The topological polar surface area (TPSA) is 64.6 Å². The Morgan fingerprint density at radius 2 is 2.31 bits per heavy atom. The van der Waals surface area contributed by atoms with Crippen LogP contribution in [0.2, 0.25) is 0 Å². The number of rotatable bonds is 3. The van der Waals surface area contributed by atoms with Gasteiger partial charge in [0.25, 0.3) is 0 Å². The molecule has 1 radical (unpaired) electrons. The van der Waals surface area contributed by atoms with Crippen LogP contribution in [0.15, 0.2) is 12.8 Å². The average Bonchev–Trinajstić information content (AvgIpc) is 2.06. The molecule has 13 heavy (non-hydrogen) atoms. The summed E-state index contributed by atoms with van der Waals surface area (Å²) in [5.74, 6) is 0. The minimum Gasteiger partial charge on any atom is -0.389 e. The molecule has 0 amide bonds. The molecule has 7 heteroatoms. The Kier molecular flexibility index (Phi) is 6.19. The molecular weight excluding hydrogens is 205 g/mol. The number of hydrogen-bond donors (Lipinski definition) is 1. The third-order valence-electron chi connectivity index (χ3n) is 1.42. The van der Waals surface area contributed by atoms with Crippen LogP contribution < -0.4 is 5.32 Å². The van der Waals surface area contributed by atoms with E-state index in [1.165, 1.54) is 0 Å². The van der Waals surface area contributed by atoms with E-state index in [1.54, 1.807) is 0 Å². The van der Waals surface area contributed by atoms with Crippen molar-refractivity contribution >= 4 is 39.7 Å². The summed E-state index contributed by atoms with van der Waals surface area (Å²) in [6.07, 6.45) is 0.882. The maximum absolute atomic E-state index is 11.1. The van der Waals surface area contributed by atoms with E-state index in [-0.39, 0.29) is 36.1 Å². The van der Waals surface area contributed by atoms with Crippen LogP contribution in [0, 0.1) is 0 Å². The largest absolute Gasteiger partial charge is 0.389 e. The van der Waals surface area contributed by atoms with Crippen LogP contribution in [0.4, 0.5) is 0 Å². The van der Waals surface area contributed by atoms with Crippen molar-refractivity contribution < 1.29 is 17.3 Å². The molecule has 1 aliphatic rings. The van der Waals surface area contributed by atoms with Crippen molar-refractivity contribution in [3.05, 3.63) is 12.8 Å². The molecule has 71 valence electrons. The van der Waals surface area contributed by atoms with Gasteiger partial charge in [0, 0.05) is 42.6 Å². The third-order valence-corrected chi connectivity index (χ3v) is 2.77. The van der Waals surface area contributed by atoms with Crippen LogP contribution >= 0.6 is 0 Å². The minimum absolute atomic E-state index is 0. The summed E-state index contributed by atoms with van der Waals surface area (Å²) in [6.45, 7) is 4.47. The predicted molar refractivity (Wildman–Crippen MR) is 48.6 cm³/mol. The zero-order valence-corrected chi connectivity index (χ0v) is 10.3. The fourth-order valence-corrected chi connectivity index (χ4v) is 1.78. The van der Waals surface area contributed by atoms with Crippen LogP contribution in [0.3, 0.4) is 0 Å².